The number of rotatable bonds is 5. The molecule has 5 nitrogen and oxygen atoms in total. The van der Waals surface area contributed by atoms with Crippen molar-refractivity contribution in [2.45, 2.75) is 26.9 Å². The lowest BCUT2D eigenvalue weighted by atomic mass is 10.1. The molecule has 1 N–H and O–H groups in total. The van der Waals surface area contributed by atoms with Gasteiger partial charge in [0, 0.05) is 18.8 Å². The summed E-state index contributed by atoms with van der Waals surface area (Å²) >= 11 is 7.00. The average molecular weight is 351 g/mol. The van der Waals surface area contributed by atoms with Crippen LogP contribution in [-0.4, -0.2) is 41.0 Å². The summed E-state index contributed by atoms with van der Waals surface area (Å²) in [6.45, 7) is 8.44. The van der Waals surface area contributed by atoms with Gasteiger partial charge in [-0.2, -0.15) is 0 Å². The minimum Gasteiger partial charge on any atom is -0.379 e. The van der Waals surface area contributed by atoms with Gasteiger partial charge in [-0.1, -0.05) is 36.5 Å². The van der Waals surface area contributed by atoms with Crippen molar-refractivity contribution >= 4 is 34.4 Å². The summed E-state index contributed by atoms with van der Waals surface area (Å²) in [6.07, 6.45) is 0.990. The van der Waals surface area contributed by atoms with E-state index in [0.29, 0.717) is 0 Å². The summed E-state index contributed by atoms with van der Waals surface area (Å²) in [5, 5.41) is 8.97. The number of hydrogen-bond acceptors (Lipinski definition) is 6. The van der Waals surface area contributed by atoms with Crippen molar-refractivity contribution in [1.82, 2.24) is 14.7 Å². The van der Waals surface area contributed by atoms with E-state index in [4.69, 9.17) is 17.0 Å². The van der Waals surface area contributed by atoms with E-state index in [9.17, 15) is 0 Å². The second kappa shape index (κ2) is 7.53. The third kappa shape index (κ3) is 3.98. The molecule has 1 saturated heterocycles. The van der Waals surface area contributed by atoms with Crippen LogP contribution in [0.5, 0.6) is 0 Å². The van der Waals surface area contributed by atoms with E-state index in [0.717, 1.165) is 54.2 Å². The normalized spacial score (nSPS) is 15.7. The zero-order valence-electron chi connectivity index (χ0n) is 13.5. The predicted molar refractivity (Wildman–Crippen MR) is 97.2 cm³/mol. The molecule has 0 unspecified atom stereocenters. The molecule has 2 heterocycles. The van der Waals surface area contributed by atoms with Crippen LogP contribution in [0.1, 0.15) is 18.1 Å². The van der Waals surface area contributed by atoms with E-state index >= 15 is 0 Å². The van der Waals surface area contributed by atoms with Crippen molar-refractivity contribution in [3.05, 3.63) is 33.3 Å². The quantitative estimate of drug-likeness (QED) is 0.835. The van der Waals surface area contributed by atoms with Crippen LogP contribution in [0.25, 0.3) is 0 Å². The molecule has 1 aliphatic heterocycles. The Balaban J connectivity index is 1.77. The van der Waals surface area contributed by atoms with Crippen LogP contribution in [0.2, 0.25) is 0 Å². The van der Waals surface area contributed by atoms with Crippen molar-refractivity contribution in [2.75, 3.05) is 31.6 Å². The molecule has 1 aliphatic rings. The van der Waals surface area contributed by atoms with Gasteiger partial charge in [0.2, 0.25) is 5.13 Å². The number of nitrogens with one attached hydrogen (secondary N) is 1. The van der Waals surface area contributed by atoms with E-state index < -0.39 is 0 Å². The molecule has 0 bridgehead atoms. The molecule has 0 amide bonds. The first-order valence-electron chi connectivity index (χ1n) is 7.91. The van der Waals surface area contributed by atoms with Crippen LogP contribution in [0, 0.1) is 10.9 Å². The first kappa shape index (κ1) is 16.6. The highest BCUT2D eigenvalue weighted by atomic mass is 32.1. The fraction of sp³-hybridized carbons (Fsp3) is 0.500. The number of morpholine rings is 1. The molecule has 0 spiro atoms. The molecule has 23 heavy (non-hydrogen) atoms. The summed E-state index contributed by atoms with van der Waals surface area (Å²) in [5.74, 6) is 0. The van der Waals surface area contributed by atoms with Gasteiger partial charge in [0.05, 0.1) is 19.9 Å². The minimum absolute atomic E-state index is 0.731. The average Bonchev–Trinajstić information content (AvgIpc) is 2.90. The number of aryl methyl sites for hydroxylation is 2. The molecule has 0 radical (unpaired) electrons. The number of aromatic nitrogens is 2. The molecule has 1 aromatic carbocycles. The second-order valence-electron chi connectivity index (χ2n) is 5.63. The summed E-state index contributed by atoms with van der Waals surface area (Å²) in [7, 11) is 0. The van der Waals surface area contributed by atoms with Gasteiger partial charge in [0.25, 0.3) is 0 Å². The summed E-state index contributed by atoms with van der Waals surface area (Å²) in [6, 6.07) is 6.36. The van der Waals surface area contributed by atoms with E-state index in [1.54, 1.807) is 0 Å². The number of hydrogen-bond donors (Lipinski definition) is 1. The molecule has 2 aromatic rings. The smallest absolute Gasteiger partial charge is 0.209 e. The molecule has 1 fully saturated rings. The van der Waals surface area contributed by atoms with Crippen LogP contribution < -0.4 is 5.32 Å². The third-order valence-electron chi connectivity index (χ3n) is 4.02. The van der Waals surface area contributed by atoms with Gasteiger partial charge >= 0.3 is 0 Å². The lowest BCUT2D eigenvalue weighted by Gasteiger charge is -2.26. The van der Waals surface area contributed by atoms with Gasteiger partial charge in [0.1, 0.15) is 0 Å². The first-order valence-corrected chi connectivity index (χ1v) is 9.13. The van der Waals surface area contributed by atoms with Crippen molar-refractivity contribution in [2.24, 2.45) is 0 Å². The van der Waals surface area contributed by atoms with E-state index in [2.05, 4.69) is 47.4 Å². The number of benzene rings is 1. The standard InChI is InChI=1S/C16H22N4OS2/c1-3-13-6-4-5-12(2)14(13)17-15-18-20(16(22)23-15)11-19-7-9-21-10-8-19/h4-6H,3,7-11H2,1-2H3,(H,17,18). The van der Waals surface area contributed by atoms with E-state index in [1.165, 1.54) is 22.5 Å². The third-order valence-corrected chi connectivity index (χ3v) is 5.24. The molecule has 7 heteroatoms. The number of ether oxygens (including phenoxy) is 1. The van der Waals surface area contributed by atoms with Crippen LogP contribution >= 0.6 is 23.6 Å². The summed E-state index contributed by atoms with van der Waals surface area (Å²) in [4.78, 5) is 2.31. The maximum atomic E-state index is 5.47. The van der Waals surface area contributed by atoms with Gasteiger partial charge in [-0.15, -0.1) is 5.10 Å². The second-order valence-corrected chi connectivity index (χ2v) is 7.25. The highest BCUT2D eigenvalue weighted by Gasteiger charge is 2.13. The van der Waals surface area contributed by atoms with Gasteiger partial charge < -0.3 is 10.1 Å². The van der Waals surface area contributed by atoms with Crippen LogP contribution in [0.15, 0.2) is 18.2 Å². The molecular weight excluding hydrogens is 328 g/mol. The molecule has 124 valence electrons. The van der Waals surface area contributed by atoms with Gasteiger partial charge in [-0.25, -0.2) is 4.68 Å². The van der Waals surface area contributed by atoms with Crippen LogP contribution in [0.3, 0.4) is 0 Å². The number of para-hydroxylation sites is 1. The Morgan fingerprint density at radius 1 is 1.35 bits per heavy atom. The Morgan fingerprint density at radius 2 is 2.13 bits per heavy atom. The lowest BCUT2D eigenvalue weighted by Crippen LogP contribution is -2.37. The molecular formula is C16H22N4OS2. The minimum atomic E-state index is 0.731. The monoisotopic (exact) mass is 350 g/mol. The Hall–Kier alpha value is -1.28. The first-order chi connectivity index (χ1) is 11.2. The fourth-order valence-electron chi connectivity index (χ4n) is 2.69. The zero-order valence-corrected chi connectivity index (χ0v) is 15.2. The molecule has 0 atom stereocenters. The van der Waals surface area contributed by atoms with Crippen molar-refractivity contribution < 1.29 is 4.74 Å². The Bertz CT molecular complexity index is 719. The van der Waals surface area contributed by atoms with E-state index in [-0.39, 0.29) is 0 Å². The summed E-state index contributed by atoms with van der Waals surface area (Å²) < 4.78 is 8.08. The maximum absolute atomic E-state index is 5.47. The van der Waals surface area contributed by atoms with Crippen molar-refractivity contribution in [3.63, 3.8) is 0 Å². The lowest BCUT2D eigenvalue weighted by molar-refractivity contribution is 0.0212. The molecule has 3 rings (SSSR count). The fourth-order valence-corrected chi connectivity index (χ4v) is 3.68. The maximum Gasteiger partial charge on any atom is 0.209 e. The Morgan fingerprint density at radius 3 is 2.87 bits per heavy atom. The van der Waals surface area contributed by atoms with Gasteiger partial charge in [-0.3, -0.25) is 4.90 Å². The largest absolute Gasteiger partial charge is 0.379 e. The summed E-state index contributed by atoms with van der Waals surface area (Å²) in [5.41, 5.74) is 3.67. The molecule has 0 aliphatic carbocycles. The highest BCUT2D eigenvalue weighted by molar-refractivity contribution is 7.73. The van der Waals surface area contributed by atoms with Gasteiger partial charge in [0.15, 0.2) is 3.95 Å². The number of anilines is 2. The van der Waals surface area contributed by atoms with Crippen molar-refractivity contribution in [3.8, 4) is 0 Å². The predicted octanol–water partition coefficient (Wildman–Crippen LogP) is 3.58. The van der Waals surface area contributed by atoms with Gasteiger partial charge in [-0.05, 0) is 36.7 Å². The topological polar surface area (TPSA) is 42.3 Å². The zero-order chi connectivity index (χ0) is 16.2. The van der Waals surface area contributed by atoms with Crippen LogP contribution in [0.4, 0.5) is 10.8 Å². The SMILES string of the molecule is CCc1cccc(C)c1Nc1nn(CN2CCOCC2)c(=S)s1. The molecule has 0 saturated carbocycles. The Kier molecular flexibility index (Phi) is 5.42. The van der Waals surface area contributed by atoms with Crippen molar-refractivity contribution in [1.29, 1.82) is 0 Å². The highest BCUT2D eigenvalue weighted by Crippen LogP contribution is 2.27. The number of nitrogens with zero attached hydrogens (tertiary/aromatic N) is 3. The Labute approximate surface area is 145 Å². The molecule has 1 aromatic heterocycles. The van der Waals surface area contributed by atoms with Crippen LogP contribution in [-0.2, 0) is 17.8 Å². The van der Waals surface area contributed by atoms with E-state index in [1.807, 2.05) is 4.68 Å².